The zero-order chi connectivity index (χ0) is 13.8. The minimum absolute atomic E-state index is 0.0160. The van der Waals surface area contributed by atoms with Gasteiger partial charge in [-0.15, -0.1) is 0 Å². The molecule has 2 amide bonds. The van der Waals surface area contributed by atoms with Gasteiger partial charge in [0.15, 0.2) is 0 Å². The van der Waals surface area contributed by atoms with Gasteiger partial charge in [0.2, 0.25) is 0 Å². The zero-order valence-electron chi connectivity index (χ0n) is 10.7. The highest BCUT2D eigenvalue weighted by Crippen LogP contribution is 2.14. The fraction of sp³-hybridized carbons (Fsp3) is 0.500. The number of amides is 2. The molecule has 3 N–H and O–H groups in total. The van der Waals surface area contributed by atoms with E-state index in [0.717, 1.165) is 0 Å². The first-order valence-electron chi connectivity index (χ1n) is 5.66. The van der Waals surface area contributed by atoms with Crippen LogP contribution in [0.2, 0.25) is 0 Å². The summed E-state index contributed by atoms with van der Waals surface area (Å²) in [4.78, 5) is 23.0. The molecule has 1 atom stereocenters. The molecular formula is C12H18N2O3S. The summed E-state index contributed by atoms with van der Waals surface area (Å²) in [5.74, 6) is -1.49. The lowest BCUT2D eigenvalue weighted by Gasteiger charge is -2.27. The largest absolute Gasteiger partial charge is 0.388 e. The van der Waals surface area contributed by atoms with E-state index in [-0.39, 0.29) is 12.5 Å². The van der Waals surface area contributed by atoms with Crippen molar-refractivity contribution in [2.75, 3.05) is 11.9 Å². The van der Waals surface area contributed by atoms with Crippen molar-refractivity contribution < 1.29 is 14.7 Å². The maximum Gasteiger partial charge on any atom is 0.313 e. The molecule has 0 aliphatic carbocycles. The van der Waals surface area contributed by atoms with Gasteiger partial charge in [-0.1, -0.05) is 13.8 Å². The van der Waals surface area contributed by atoms with Crippen molar-refractivity contribution in [3.8, 4) is 0 Å². The predicted octanol–water partition coefficient (Wildman–Crippen LogP) is 1.21. The molecule has 0 aliphatic rings. The van der Waals surface area contributed by atoms with Gasteiger partial charge in [-0.05, 0) is 24.3 Å². The predicted molar refractivity (Wildman–Crippen MR) is 71.4 cm³/mol. The molecule has 100 valence electrons. The van der Waals surface area contributed by atoms with Crippen LogP contribution < -0.4 is 10.6 Å². The highest BCUT2D eigenvalue weighted by atomic mass is 32.1. The second kappa shape index (κ2) is 5.97. The minimum atomic E-state index is -1.03. The van der Waals surface area contributed by atoms with Crippen LogP contribution in [0.25, 0.3) is 0 Å². The number of carbonyl (C=O) groups excluding carboxylic acids is 2. The summed E-state index contributed by atoms with van der Waals surface area (Å²) in [7, 11) is 0. The first kappa shape index (κ1) is 14.7. The third-order valence-corrected chi connectivity index (χ3v) is 3.52. The number of aliphatic hydroxyl groups is 1. The van der Waals surface area contributed by atoms with Gasteiger partial charge < -0.3 is 15.7 Å². The van der Waals surface area contributed by atoms with E-state index in [1.54, 1.807) is 23.8 Å². The smallest absolute Gasteiger partial charge is 0.313 e. The van der Waals surface area contributed by atoms with Crippen LogP contribution in [0.3, 0.4) is 0 Å². The molecule has 0 fully saturated rings. The topological polar surface area (TPSA) is 78.4 Å². The van der Waals surface area contributed by atoms with E-state index in [0.29, 0.717) is 5.69 Å². The van der Waals surface area contributed by atoms with Crippen molar-refractivity contribution in [3.05, 3.63) is 16.8 Å². The summed E-state index contributed by atoms with van der Waals surface area (Å²) in [5.41, 5.74) is -0.436. The first-order chi connectivity index (χ1) is 8.33. The molecule has 0 spiro atoms. The van der Waals surface area contributed by atoms with E-state index >= 15 is 0 Å². The van der Waals surface area contributed by atoms with Gasteiger partial charge in [-0.3, -0.25) is 9.59 Å². The van der Waals surface area contributed by atoms with Gasteiger partial charge in [0.1, 0.15) is 0 Å². The molecule has 5 nitrogen and oxygen atoms in total. The van der Waals surface area contributed by atoms with Gasteiger partial charge >= 0.3 is 11.8 Å². The Labute approximate surface area is 110 Å². The summed E-state index contributed by atoms with van der Waals surface area (Å²) >= 11 is 1.43. The molecule has 6 heteroatoms. The Morgan fingerprint density at radius 1 is 1.44 bits per heavy atom. The quantitative estimate of drug-likeness (QED) is 0.720. The van der Waals surface area contributed by atoms with E-state index in [2.05, 4.69) is 10.6 Å². The maximum absolute atomic E-state index is 11.5. The van der Waals surface area contributed by atoms with E-state index in [1.807, 2.05) is 13.8 Å². The minimum Gasteiger partial charge on any atom is -0.388 e. The summed E-state index contributed by atoms with van der Waals surface area (Å²) in [6, 6.07) is 1.71. The normalized spacial score (nSPS) is 14.1. The summed E-state index contributed by atoms with van der Waals surface area (Å²) in [6.45, 7) is 5.35. The van der Waals surface area contributed by atoms with Crippen LogP contribution in [-0.4, -0.2) is 29.1 Å². The lowest BCUT2D eigenvalue weighted by Crippen LogP contribution is -2.47. The number of hydrogen-bond donors (Lipinski definition) is 3. The Morgan fingerprint density at radius 3 is 2.61 bits per heavy atom. The second-order valence-electron chi connectivity index (χ2n) is 4.66. The number of rotatable bonds is 4. The number of thiophene rings is 1. The summed E-state index contributed by atoms with van der Waals surface area (Å²) < 4.78 is 0. The Bertz CT molecular complexity index is 413. The molecule has 0 radical (unpaired) electrons. The van der Waals surface area contributed by atoms with E-state index in [9.17, 15) is 14.7 Å². The van der Waals surface area contributed by atoms with Gasteiger partial charge in [-0.2, -0.15) is 11.3 Å². The van der Waals surface area contributed by atoms with Crippen molar-refractivity contribution in [2.24, 2.45) is 5.92 Å². The van der Waals surface area contributed by atoms with Crippen LogP contribution in [0.5, 0.6) is 0 Å². The van der Waals surface area contributed by atoms with Crippen LogP contribution in [0.1, 0.15) is 20.8 Å². The van der Waals surface area contributed by atoms with Crippen LogP contribution in [0, 0.1) is 5.92 Å². The molecule has 18 heavy (non-hydrogen) atoms. The Kier molecular flexibility index (Phi) is 4.86. The molecule has 0 saturated heterocycles. The second-order valence-corrected chi connectivity index (χ2v) is 5.44. The highest BCUT2D eigenvalue weighted by Gasteiger charge is 2.26. The third-order valence-electron chi connectivity index (χ3n) is 2.84. The standard InChI is InChI=1S/C12H18N2O3S/c1-8(2)12(3,17)7-13-10(15)11(16)14-9-4-5-18-6-9/h4-6,8,17H,7H2,1-3H3,(H,13,15)(H,14,16). The van der Waals surface area contributed by atoms with Crippen molar-refractivity contribution >= 4 is 28.8 Å². The summed E-state index contributed by atoms with van der Waals surface area (Å²) in [6.07, 6.45) is 0. The number of carbonyl (C=O) groups is 2. The monoisotopic (exact) mass is 270 g/mol. The van der Waals surface area contributed by atoms with Crippen LogP contribution in [0.15, 0.2) is 16.8 Å². The molecular weight excluding hydrogens is 252 g/mol. The van der Waals surface area contributed by atoms with Crippen molar-refractivity contribution in [3.63, 3.8) is 0 Å². The van der Waals surface area contributed by atoms with Crippen molar-refractivity contribution in [1.29, 1.82) is 0 Å². The zero-order valence-corrected chi connectivity index (χ0v) is 11.5. The number of anilines is 1. The van der Waals surface area contributed by atoms with Crippen molar-refractivity contribution in [2.45, 2.75) is 26.4 Å². The lowest BCUT2D eigenvalue weighted by molar-refractivity contribution is -0.137. The molecule has 0 aliphatic heterocycles. The molecule has 1 aromatic heterocycles. The molecule has 1 unspecified atom stereocenters. The average molecular weight is 270 g/mol. The Balaban J connectivity index is 2.44. The molecule has 0 saturated carbocycles. The fourth-order valence-electron chi connectivity index (χ4n) is 1.07. The van der Waals surface area contributed by atoms with Crippen LogP contribution in [-0.2, 0) is 9.59 Å². The Morgan fingerprint density at radius 2 is 2.11 bits per heavy atom. The molecule has 1 rings (SSSR count). The molecule has 1 heterocycles. The van der Waals surface area contributed by atoms with Crippen LogP contribution >= 0.6 is 11.3 Å². The van der Waals surface area contributed by atoms with Gasteiger partial charge in [0, 0.05) is 11.9 Å². The molecule has 0 bridgehead atoms. The maximum atomic E-state index is 11.5. The van der Waals surface area contributed by atoms with Gasteiger partial charge in [-0.25, -0.2) is 0 Å². The lowest BCUT2D eigenvalue weighted by atomic mass is 9.92. The van der Waals surface area contributed by atoms with Gasteiger partial charge in [0.05, 0.1) is 11.3 Å². The average Bonchev–Trinajstić information content (AvgIpc) is 2.78. The number of hydrogen-bond acceptors (Lipinski definition) is 4. The molecule has 1 aromatic rings. The highest BCUT2D eigenvalue weighted by molar-refractivity contribution is 7.08. The Hall–Kier alpha value is -1.40. The summed E-state index contributed by atoms with van der Waals surface area (Å²) in [5, 5.41) is 18.4. The van der Waals surface area contributed by atoms with Gasteiger partial charge in [0.25, 0.3) is 0 Å². The van der Waals surface area contributed by atoms with Crippen LogP contribution in [0.4, 0.5) is 5.69 Å². The van der Waals surface area contributed by atoms with Crippen molar-refractivity contribution in [1.82, 2.24) is 5.32 Å². The van der Waals surface area contributed by atoms with E-state index in [1.165, 1.54) is 11.3 Å². The van der Waals surface area contributed by atoms with E-state index in [4.69, 9.17) is 0 Å². The SMILES string of the molecule is CC(C)C(C)(O)CNC(=O)C(=O)Nc1ccsc1. The third kappa shape index (κ3) is 4.12. The fourth-order valence-corrected chi connectivity index (χ4v) is 1.65. The first-order valence-corrected chi connectivity index (χ1v) is 6.61. The number of nitrogens with one attached hydrogen (secondary N) is 2. The van der Waals surface area contributed by atoms with E-state index < -0.39 is 17.4 Å². The molecule has 0 aromatic carbocycles.